The molecule has 0 spiro atoms. The second-order valence-electron chi connectivity index (χ2n) is 6.39. The largest absolute Gasteiger partial charge is 0.386 e. The van der Waals surface area contributed by atoms with Crippen molar-refractivity contribution < 1.29 is 13.5 Å². The van der Waals surface area contributed by atoms with Crippen molar-refractivity contribution in [2.45, 2.75) is 46.6 Å². The van der Waals surface area contributed by atoms with Crippen LogP contribution in [0.4, 0.5) is 0 Å². The Hall–Kier alpha value is -0.800. The first-order chi connectivity index (χ1) is 11.5. The number of aliphatic hydroxyl groups is 1. The first-order valence-electron chi connectivity index (χ1n) is 7.53. The van der Waals surface area contributed by atoms with Crippen LogP contribution in [0.25, 0.3) is 0 Å². The molecular formula is C15H17Cl2N3O3S2. The molecule has 1 aliphatic rings. The summed E-state index contributed by atoms with van der Waals surface area (Å²) in [6, 6.07) is 7.15. The highest BCUT2D eigenvalue weighted by Gasteiger charge is 2.58. The van der Waals surface area contributed by atoms with E-state index in [2.05, 4.69) is 22.7 Å². The quantitative estimate of drug-likeness (QED) is 0.552. The lowest BCUT2D eigenvalue weighted by molar-refractivity contribution is 0.00494. The van der Waals surface area contributed by atoms with Gasteiger partial charge in [0, 0.05) is 17.7 Å². The Bertz CT molecular complexity index is 912. The van der Waals surface area contributed by atoms with Crippen LogP contribution in [-0.2, 0) is 22.8 Å². The molecule has 1 aromatic heterocycles. The van der Waals surface area contributed by atoms with E-state index in [0.29, 0.717) is 17.9 Å². The van der Waals surface area contributed by atoms with Gasteiger partial charge in [-0.05, 0) is 24.5 Å². The minimum Gasteiger partial charge on any atom is -0.386 e. The van der Waals surface area contributed by atoms with Crippen LogP contribution in [0.5, 0.6) is 0 Å². The van der Waals surface area contributed by atoms with Crippen LogP contribution >= 0.6 is 35.8 Å². The highest BCUT2D eigenvalue weighted by molar-refractivity contribution is 7.90. The van der Waals surface area contributed by atoms with Crippen LogP contribution in [0.2, 0.25) is 5.02 Å². The fourth-order valence-corrected chi connectivity index (χ4v) is 4.26. The van der Waals surface area contributed by atoms with Gasteiger partial charge in [0.25, 0.3) is 0 Å². The summed E-state index contributed by atoms with van der Waals surface area (Å²) in [4.78, 5) is 2.98. The van der Waals surface area contributed by atoms with E-state index in [4.69, 9.17) is 23.2 Å². The van der Waals surface area contributed by atoms with Gasteiger partial charge in [-0.1, -0.05) is 29.8 Å². The average Bonchev–Trinajstić information content (AvgIpc) is 3.15. The predicted molar refractivity (Wildman–Crippen MR) is 98.3 cm³/mol. The Balaban J connectivity index is 2.00. The lowest BCUT2D eigenvalue weighted by atomic mass is 9.89. The fraction of sp³-hybridized carbons (Fsp3) is 0.467. The maximum absolute atomic E-state index is 11.9. The zero-order chi connectivity index (χ0) is 18.5. The molecule has 1 unspecified atom stereocenters. The first-order valence-corrected chi connectivity index (χ1v) is 10.6. The SMILES string of the molecule is CS(=O)(=O)c1nc(S)nn1CC(O)(Cc1ccccc1Cl)C1(Cl)CC1. The van der Waals surface area contributed by atoms with Crippen molar-refractivity contribution in [3.63, 3.8) is 0 Å². The molecule has 0 radical (unpaired) electrons. The Morgan fingerprint density at radius 2 is 2.04 bits per heavy atom. The number of aromatic nitrogens is 3. The summed E-state index contributed by atoms with van der Waals surface area (Å²) in [5.74, 6) is 0. The molecule has 0 amide bonds. The molecule has 25 heavy (non-hydrogen) atoms. The molecule has 1 N–H and O–H groups in total. The van der Waals surface area contributed by atoms with Crippen molar-refractivity contribution in [3.05, 3.63) is 34.9 Å². The van der Waals surface area contributed by atoms with Gasteiger partial charge < -0.3 is 5.11 Å². The summed E-state index contributed by atoms with van der Waals surface area (Å²) in [5, 5.41) is 15.6. The van der Waals surface area contributed by atoms with Gasteiger partial charge in [-0.2, -0.15) is 4.98 Å². The van der Waals surface area contributed by atoms with Crippen LogP contribution in [-0.4, -0.2) is 45.0 Å². The third kappa shape index (κ3) is 3.83. The summed E-state index contributed by atoms with van der Waals surface area (Å²) in [7, 11) is -3.63. The van der Waals surface area contributed by atoms with E-state index in [1.807, 2.05) is 6.07 Å². The van der Waals surface area contributed by atoms with Gasteiger partial charge in [0.15, 0.2) is 0 Å². The van der Waals surface area contributed by atoms with Crippen molar-refractivity contribution in [1.29, 1.82) is 0 Å². The molecular weight excluding hydrogens is 405 g/mol. The van der Waals surface area contributed by atoms with Gasteiger partial charge in [0.05, 0.1) is 11.4 Å². The molecule has 2 aromatic rings. The van der Waals surface area contributed by atoms with Crippen LogP contribution in [0.1, 0.15) is 18.4 Å². The van der Waals surface area contributed by atoms with Gasteiger partial charge in [0.1, 0.15) is 5.60 Å². The van der Waals surface area contributed by atoms with E-state index in [1.165, 1.54) is 0 Å². The van der Waals surface area contributed by atoms with E-state index in [-0.39, 0.29) is 23.3 Å². The average molecular weight is 422 g/mol. The topological polar surface area (TPSA) is 85.1 Å². The maximum atomic E-state index is 11.9. The van der Waals surface area contributed by atoms with Gasteiger partial charge in [0.2, 0.25) is 20.2 Å². The third-order valence-electron chi connectivity index (χ3n) is 4.33. The van der Waals surface area contributed by atoms with Gasteiger partial charge in [-0.15, -0.1) is 29.3 Å². The van der Waals surface area contributed by atoms with Gasteiger partial charge in [-0.25, -0.2) is 13.1 Å². The summed E-state index contributed by atoms with van der Waals surface area (Å²) in [6.07, 6.45) is 2.43. The Kier molecular flexibility index (Phi) is 4.87. The fourth-order valence-electron chi connectivity index (χ4n) is 2.83. The maximum Gasteiger partial charge on any atom is 0.246 e. The van der Waals surface area contributed by atoms with E-state index in [1.54, 1.807) is 18.2 Å². The summed E-state index contributed by atoms with van der Waals surface area (Å²) >= 11 is 16.8. The molecule has 10 heteroatoms. The summed E-state index contributed by atoms with van der Waals surface area (Å²) in [6.45, 7) is -0.127. The number of rotatable bonds is 6. The second kappa shape index (κ2) is 6.42. The minimum absolute atomic E-state index is 0.0138. The Morgan fingerprint density at radius 3 is 2.60 bits per heavy atom. The molecule has 1 aliphatic carbocycles. The number of hydrogen-bond acceptors (Lipinski definition) is 6. The van der Waals surface area contributed by atoms with Crippen molar-refractivity contribution in [3.8, 4) is 0 Å². The number of alkyl halides is 1. The molecule has 0 bridgehead atoms. The summed E-state index contributed by atoms with van der Waals surface area (Å²) < 4.78 is 25.0. The highest BCUT2D eigenvalue weighted by Crippen LogP contribution is 2.53. The van der Waals surface area contributed by atoms with Crippen LogP contribution in [0.15, 0.2) is 34.6 Å². The number of thiol groups is 1. The number of benzene rings is 1. The predicted octanol–water partition coefficient (Wildman–Crippen LogP) is 2.37. The molecule has 1 saturated carbocycles. The van der Waals surface area contributed by atoms with Crippen molar-refractivity contribution in [2.75, 3.05) is 6.26 Å². The third-order valence-corrected chi connectivity index (χ3v) is 6.59. The molecule has 1 atom stereocenters. The Labute approximate surface area is 161 Å². The lowest BCUT2D eigenvalue weighted by Gasteiger charge is -2.33. The lowest BCUT2D eigenvalue weighted by Crippen LogP contribution is -2.47. The van der Waals surface area contributed by atoms with Gasteiger partial charge in [-0.3, -0.25) is 0 Å². The zero-order valence-electron chi connectivity index (χ0n) is 13.4. The van der Waals surface area contributed by atoms with Crippen molar-refractivity contribution in [2.24, 2.45) is 0 Å². The van der Waals surface area contributed by atoms with E-state index in [0.717, 1.165) is 16.5 Å². The molecule has 0 saturated heterocycles. The van der Waals surface area contributed by atoms with Crippen LogP contribution < -0.4 is 0 Å². The molecule has 6 nitrogen and oxygen atoms in total. The van der Waals surface area contributed by atoms with Crippen LogP contribution in [0, 0.1) is 0 Å². The Morgan fingerprint density at radius 1 is 1.40 bits per heavy atom. The van der Waals surface area contributed by atoms with Crippen LogP contribution in [0.3, 0.4) is 0 Å². The number of halogens is 2. The smallest absolute Gasteiger partial charge is 0.246 e. The molecule has 1 heterocycles. The monoisotopic (exact) mass is 421 g/mol. The zero-order valence-corrected chi connectivity index (χ0v) is 16.6. The molecule has 136 valence electrons. The molecule has 3 rings (SSSR count). The number of hydrogen-bond donors (Lipinski definition) is 2. The standard InChI is InChI=1S/C15H17Cl2N3O3S2/c1-25(22,23)13-18-12(24)19-20(13)9-15(21,14(17)6-7-14)8-10-4-2-3-5-11(10)16/h2-5,21H,6-9H2,1H3,(H,19,24). The van der Waals surface area contributed by atoms with E-state index < -0.39 is 20.3 Å². The van der Waals surface area contributed by atoms with Crippen molar-refractivity contribution in [1.82, 2.24) is 14.8 Å². The molecule has 0 aliphatic heterocycles. The molecule has 1 fully saturated rings. The molecule has 1 aromatic carbocycles. The van der Waals surface area contributed by atoms with E-state index >= 15 is 0 Å². The minimum atomic E-state index is -3.63. The van der Waals surface area contributed by atoms with Gasteiger partial charge >= 0.3 is 0 Å². The number of nitrogens with zero attached hydrogens (tertiary/aromatic N) is 3. The summed E-state index contributed by atoms with van der Waals surface area (Å²) in [5.41, 5.74) is -0.710. The number of sulfone groups is 1. The first kappa shape index (κ1) is 19.0. The normalized spacial score (nSPS) is 18.8. The van der Waals surface area contributed by atoms with Crippen molar-refractivity contribution >= 4 is 45.7 Å². The highest BCUT2D eigenvalue weighted by atomic mass is 35.5. The van der Waals surface area contributed by atoms with E-state index in [9.17, 15) is 13.5 Å². The second-order valence-corrected chi connectivity index (χ2v) is 9.83.